The van der Waals surface area contributed by atoms with Crippen LogP contribution in [0.4, 0.5) is 5.69 Å². The normalized spacial score (nSPS) is 19.7. The van der Waals surface area contributed by atoms with Crippen molar-refractivity contribution in [3.05, 3.63) is 58.7 Å². The predicted molar refractivity (Wildman–Crippen MR) is 90.5 cm³/mol. The van der Waals surface area contributed by atoms with Gasteiger partial charge in [-0.3, -0.25) is 9.59 Å². The fourth-order valence-electron chi connectivity index (χ4n) is 3.10. The second-order valence-electron chi connectivity index (χ2n) is 6.25. The lowest BCUT2D eigenvalue weighted by molar-refractivity contribution is 0.0313. The summed E-state index contributed by atoms with van der Waals surface area (Å²) in [5.74, 6) is -0.844. The van der Waals surface area contributed by atoms with Gasteiger partial charge in [-0.05, 0) is 23.6 Å². The lowest BCUT2D eigenvalue weighted by Gasteiger charge is -2.23. The van der Waals surface area contributed by atoms with Gasteiger partial charge in [-0.25, -0.2) is 0 Å². The maximum absolute atomic E-state index is 12.8. The van der Waals surface area contributed by atoms with Crippen LogP contribution in [0.2, 0.25) is 0 Å². The standard InChI is InChI=1S/C19H19NO4/c1-10(2)11-7-8-13(15(9-11)24-3)19(23)17(21)12-5-4-6-14(20)16(12)18(19)22/h4-10,23H,20H2,1-3H3. The average Bonchev–Trinajstić information content (AvgIpc) is 2.77. The molecular weight excluding hydrogens is 306 g/mol. The first-order valence-corrected chi connectivity index (χ1v) is 7.71. The number of nitrogens with two attached hydrogens (primary N) is 1. The van der Waals surface area contributed by atoms with Crippen LogP contribution in [0.15, 0.2) is 36.4 Å². The number of benzene rings is 2. The Labute approximate surface area is 140 Å². The van der Waals surface area contributed by atoms with E-state index in [4.69, 9.17) is 10.5 Å². The maximum Gasteiger partial charge on any atom is 0.220 e. The van der Waals surface area contributed by atoms with Gasteiger partial charge >= 0.3 is 0 Å². The molecule has 2 aromatic carbocycles. The largest absolute Gasteiger partial charge is 0.496 e. The van der Waals surface area contributed by atoms with Crippen LogP contribution in [0.5, 0.6) is 5.75 Å². The first kappa shape index (κ1) is 16.2. The van der Waals surface area contributed by atoms with Gasteiger partial charge in [0.2, 0.25) is 17.2 Å². The fourth-order valence-corrected chi connectivity index (χ4v) is 3.10. The van der Waals surface area contributed by atoms with Crippen molar-refractivity contribution in [2.75, 3.05) is 12.8 Å². The molecule has 0 amide bonds. The average molecular weight is 325 g/mol. The maximum atomic E-state index is 12.8. The molecule has 0 aliphatic heterocycles. The lowest BCUT2D eigenvalue weighted by atomic mass is 9.86. The number of ether oxygens (including phenoxy) is 1. The number of methoxy groups -OCH3 is 1. The number of carbonyl (C=O) groups excluding carboxylic acids is 2. The summed E-state index contributed by atoms with van der Waals surface area (Å²) in [7, 11) is 1.44. The molecule has 1 aliphatic carbocycles. The molecular formula is C19H19NO4. The second-order valence-corrected chi connectivity index (χ2v) is 6.25. The van der Waals surface area contributed by atoms with E-state index in [-0.39, 0.29) is 28.3 Å². The summed E-state index contributed by atoms with van der Waals surface area (Å²) < 4.78 is 5.34. The van der Waals surface area contributed by atoms with Crippen LogP contribution in [0.1, 0.15) is 51.6 Å². The summed E-state index contributed by atoms with van der Waals surface area (Å²) >= 11 is 0. The van der Waals surface area contributed by atoms with Crippen LogP contribution in [0.3, 0.4) is 0 Å². The van der Waals surface area contributed by atoms with Gasteiger partial charge in [-0.15, -0.1) is 0 Å². The molecule has 3 N–H and O–H groups in total. The number of fused-ring (bicyclic) bond motifs is 1. The van der Waals surface area contributed by atoms with Gasteiger partial charge in [0.1, 0.15) is 5.75 Å². The van der Waals surface area contributed by atoms with Crippen molar-refractivity contribution in [2.45, 2.75) is 25.4 Å². The molecule has 0 aromatic heterocycles. The SMILES string of the molecule is COc1cc(C(C)C)ccc1C1(O)C(=O)c2cccc(N)c2C1=O. The summed E-state index contributed by atoms with van der Waals surface area (Å²) in [6.45, 7) is 4.04. The highest BCUT2D eigenvalue weighted by Crippen LogP contribution is 2.43. The van der Waals surface area contributed by atoms with Crippen molar-refractivity contribution in [2.24, 2.45) is 0 Å². The molecule has 124 valence electrons. The molecule has 0 saturated carbocycles. The van der Waals surface area contributed by atoms with Crippen LogP contribution in [0, 0.1) is 0 Å². The lowest BCUT2D eigenvalue weighted by Crippen LogP contribution is -2.38. The third-order valence-corrected chi connectivity index (χ3v) is 4.51. The minimum Gasteiger partial charge on any atom is -0.496 e. The van der Waals surface area contributed by atoms with Gasteiger partial charge in [0.05, 0.1) is 12.7 Å². The van der Waals surface area contributed by atoms with E-state index < -0.39 is 17.2 Å². The van der Waals surface area contributed by atoms with Crippen molar-refractivity contribution < 1.29 is 19.4 Å². The molecule has 1 aliphatic rings. The van der Waals surface area contributed by atoms with E-state index in [2.05, 4.69) is 0 Å². The molecule has 0 fully saturated rings. The van der Waals surface area contributed by atoms with Gasteiger partial charge < -0.3 is 15.6 Å². The van der Waals surface area contributed by atoms with Crippen molar-refractivity contribution >= 4 is 17.3 Å². The molecule has 0 saturated heterocycles. The number of aliphatic hydroxyl groups is 1. The third-order valence-electron chi connectivity index (χ3n) is 4.51. The van der Waals surface area contributed by atoms with Gasteiger partial charge in [-0.1, -0.05) is 38.1 Å². The number of hydrogen-bond acceptors (Lipinski definition) is 5. The first-order chi connectivity index (χ1) is 11.3. The Morgan fingerprint density at radius 3 is 2.42 bits per heavy atom. The molecule has 3 rings (SSSR count). The van der Waals surface area contributed by atoms with Crippen LogP contribution in [-0.4, -0.2) is 23.8 Å². The summed E-state index contributed by atoms with van der Waals surface area (Å²) in [4.78, 5) is 25.6. The second kappa shape index (κ2) is 5.46. The molecule has 1 atom stereocenters. The summed E-state index contributed by atoms with van der Waals surface area (Å²) in [5.41, 5.74) is 5.04. The molecule has 5 heteroatoms. The molecule has 5 nitrogen and oxygen atoms in total. The van der Waals surface area contributed by atoms with Crippen molar-refractivity contribution in [1.29, 1.82) is 0 Å². The van der Waals surface area contributed by atoms with Gasteiger partial charge in [0, 0.05) is 16.8 Å². The van der Waals surface area contributed by atoms with E-state index in [1.165, 1.54) is 19.2 Å². The van der Waals surface area contributed by atoms with E-state index in [0.29, 0.717) is 5.75 Å². The van der Waals surface area contributed by atoms with Crippen LogP contribution < -0.4 is 10.5 Å². The number of anilines is 1. The zero-order chi connectivity index (χ0) is 17.6. The highest BCUT2D eigenvalue weighted by atomic mass is 16.5. The van der Waals surface area contributed by atoms with Gasteiger partial charge in [0.15, 0.2) is 0 Å². The van der Waals surface area contributed by atoms with E-state index >= 15 is 0 Å². The minimum atomic E-state index is -2.31. The Morgan fingerprint density at radius 1 is 1.12 bits per heavy atom. The molecule has 0 bridgehead atoms. The number of carbonyl (C=O) groups is 2. The van der Waals surface area contributed by atoms with Crippen LogP contribution in [-0.2, 0) is 5.60 Å². The minimum absolute atomic E-state index is 0.0694. The number of Topliss-reactive ketones (excluding diaryl/α,β-unsaturated/α-hetero) is 2. The Kier molecular flexibility index (Phi) is 3.68. The topological polar surface area (TPSA) is 89.6 Å². The highest BCUT2D eigenvalue weighted by molar-refractivity contribution is 6.33. The smallest absolute Gasteiger partial charge is 0.220 e. The van der Waals surface area contributed by atoms with Gasteiger partial charge in [-0.2, -0.15) is 0 Å². The van der Waals surface area contributed by atoms with Crippen LogP contribution >= 0.6 is 0 Å². The quantitative estimate of drug-likeness (QED) is 0.669. The molecule has 0 heterocycles. The number of ketones is 2. The van der Waals surface area contributed by atoms with E-state index in [1.54, 1.807) is 24.3 Å². The van der Waals surface area contributed by atoms with Gasteiger partial charge in [0.25, 0.3) is 0 Å². The Morgan fingerprint density at radius 2 is 1.83 bits per heavy atom. The van der Waals surface area contributed by atoms with E-state index in [1.807, 2.05) is 13.8 Å². The molecule has 2 aromatic rings. The Balaban J connectivity index is 2.22. The zero-order valence-electron chi connectivity index (χ0n) is 13.8. The number of rotatable bonds is 3. The Hall–Kier alpha value is -2.66. The van der Waals surface area contributed by atoms with Crippen LogP contribution in [0.25, 0.3) is 0 Å². The highest BCUT2D eigenvalue weighted by Gasteiger charge is 2.55. The molecule has 0 radical (unpaired) electrons. The number of nitrogen functional groups attached to an aromatic ring is 1. The van der Waals surface area contributed by atoms with Crippen molar-refractivity contribution in [3.63, 3.8) is 0 Å². The zero-order valence-corrected chi connectivity index (χ0v) is 13.8. The van der Waals surface area contributed by atoms with Crippen molar-refractivity contribution in [3.8, 4) is 5.75 Å². The van der Waals surface area contributed by atoms with E-state index in [0.717, 1.165) is 5.56 Å². The number of hydrogen-bond donors (Lipinski definition) is 2. The third kappa shape index (κ3) is 2.05. The van der Waals surface area contributed by atoms with E-state index in [9.17, 15) is 14.7 Å². The monoisotopic (exact) mass is 325 g/mol. The van der Waals surface area contributed by atoms with Crippen molar-refractivity contribution in [1.82, 2.24) is 0 Å². The summed E-state index contributed by atoms with van der Waals surface area (Å²) in [6.07, 6.45) is 0. The first-order valence-electron chi connectivity index (χ1n) is 7.71. The Bertz CT molecular complexity index is 856. The predicted octanol–water partition coefficient (Wildman–Crippen LogP) is 2.67. The molecule has 0 spiro atoms. The molecule has 1 unspecified atom stereocenters. The fraction of sp³-hybridized carbons (Fsp3) is 0.263. The summed E-state index contributed by atoms with van der Waals surface area (Å²) in [6, 6.07) is 9.72. The molecule has 24 heavy (non-hydrogen) atoms. The summed E-state index contributed by atoms with van der Waals surface area (Å²) in [5, 5.41) is 11.1.